The van der Waals surface area contributed by atoms with E-state index in [-0.39, 0.29) is 0 Å². The van der Waals surface area contributed by atoms with E-state index in [0.29, 0.717) is 0 Å². The van der Waals surface area contributed by atoms with Gasteiger partial charge in [0, 0.05) is 17.3 Å². The molecule has 0 rings (SSSR count). The Labute approximate surface area is 141 Å². The van der Waals surface area contributed by atoms with Crippen LogP contribution < -0.4 is 0 Å². The largest absolute Gasteiger partial charge is 0.111 e. The maximum atomic E-state index is 4.21. The van der Waals surface area contributed by atoms with Gasteiger partial charge in [-0.15, -0.1) is 35.0 Å². The number of hydrogen-bond donors (Lipinski definition) is 3. The van der Waals surface area contributed by atoms with Crippen LogP contribution in [0.15, 0.2) is 0 Å². The summed E-state index contributed by atoms with van der Waals surface area (Å²) in [4.78, 5) is 0. The van der Waals surface area contributed by atoms with Crippen molar-refractivity contribution in [3.8, 4) is 0 Å². The van der Waals surface area contributed by atoms with Gasteiger partial charge in [0.15, 0.2) is 0 Å². The highest BCUT2D eigenvalue weighted by Gasteiger charge is 2.08. The van der Waals surface area contributed by atoms with E-state index in [2.05, 4.69) is 35.0 Å². The molecule has 18 heavy (non-hydrogen) atoms. The number of rotatable bonds is 14. The van der Waals surface area contributed by atoms with Gasteiger partial charge in [0.2, 0.25) is 0 Å². The first-order valence-electron chi connectivity index (χ1n) is 6.64. The molecular weight excluding hydrogens is 337 g/mol. The van der Waals surface area contributed by atoms with E-state index in [1.165, 1.54) is 68.6 Å². The fourth-order valence-corrected chi connectivity index (χ4v) is 4.19. The number of hydrogen-bond acceptors (Lipinski definition) is 6. The smallest absolute Gasteiger partial charge is 0.00346 e. The van der Waals surface area contributed by atoms with Crippen molar-refractivity contribution in [2.75, 3.05) is 17.3 Å². The Morgan fingerprint density at radius 2 is 0.944 bits per heavy atom. The van der Waals surface area contributed by atoms with Gasteiger partial charge in [0.05, 0.1) is 0 Å². The van der Waals surface area contributed by atoms with Gasteiger partial charge in [-0.25, -0.2) is 0 Å². The minimum Gasteiger partial charge on any atom is -0.111 e. The molecule has 0 aromatic heterocycles. The molecule has 0 aliphatic rings. The van der Waals surface area contributed by atoms with Crippen LogP contribution in [0.25, 0.3) is 0 Å². The maximum Gasteiger partial charge on any atom is 0.00346 e. The lowest BCUT2D eigenvalue weighted by molar-refractivity contribution is 0.392. The van der Waals surface area contributed by atoms with Gasteiger partial charge < -0.3 is 0 Å². The van der Waals surface area contributed by atoms with E-state index in [4.69, 9.17) is 0 Å². The first-order valence-corrected chi connectivity index (χ1v) is 12.8. The van der Waals surface area contributed by atoms with Gasteiger partial charge in [0.25, 0.3) is 0 Å². The summed E-state index contributed by atoms with van der Waals surface area (Å²) < 4.78 is 0. The molecule has 0 bridgehead atoms. The molecule has 0 saturated carbocycles. The molecular formula is C12H26S6. The van der Waals surface area contributed by atoms with Crippen LogP contribution in [0.5, 0.6) is 0 Å². The molecule has 0 fully saturated rings. The zero-order valence-corrected chi connectivity index (χ0v) is 16.1. The number of thiol groups is 3. The summed E-state index contributed by atoms with van der Waals surface area (Å²) in [5.74, 6) is 4.51. The summed E-state index contributed by atoms with van der Waals surface area (Å²) in [6.45, 7) is 0. The lowest BCUT2D eigenvalue weighted by Crippen LogP contribution is -2.02. The fourth-order valence-electron chi connectivity index (χ4n) is 2.07. The van der Waals surface area contributed by atoms with Gasteiger partial charge in [-0.05, 0) is 31.6 Å². The van der Waals surface area contributed by atoms with Crippen LogP contribution in [0, 0.1) is 5.92 Å². The van der Waals surface area contributed by atoms with E-state index in [1.54, 1.807) is 32.4 Å². The van der Waals surface area contributed by atoms with Crippen LogP contribution >= 0.6 is 67.4 Å². The molecule has 110 valence electrons. The maximum absolute atomic E-state index is 4.21. The van der Waals surface area contributed by atoms with Crippen molar-refractivity contribution in [3.05, 3.63) is 0 Å². The Morgan fingerprint density at radius 3 is 1.39 bits per heavy atom. The Balaban J connectivity index is 3.62. The second kappa shape index (κ2) is 17.2. The van der Waals surface area contributed by atoms with Gasteiger partial charge in [-0.3, -0.25) is 0 Å². The molecule has 0 saturated heterocycles. The molecule has 0 nitrogen and oxygen atoms in total. The topological polar surface area (TPSA) is 0 Å². The van der Waals surface area contributed by atoms with Crippen molar-refractivity contribution < 1.29 is 0 Å². The summed E-state index contributed by atoms with van der Waals surface area (Å²) >= 11 is 12.6. The lowest BCUT2D eigenvalue weighted by Gasteiger charge is -2.16. The highest BCUT2D eigenvalue weighted by Crippen LogP contribution is 2.24. The van der Waals surface area contributed by atoms with Gasteiger partial charge in [-0.2, -0.15) is 0 Å². The molecule has 0 spiro atoms. The highest BCUT2D eigenvalue weighted by molar-refractivity contribution is 8.69. The summed E-state index contributed by atoms with van der Waals surface area (Å²) in [6, 6.07) is 0. The van der Waals surface area contributed by atoms with Crippen molar-refractivity contribution in [2.24, 2.45) is 5.92 Å². The molecule has 0 amide bonds. The van der Waals surface area contributed by atoms with E-state index in [0.717, 1.165) is 5.92 Å². The number of unbranched alkanes of at least 4 members (excludes halogenated alkanes) is 2. The third-order valence-corrected chi connectivity index (χ3v) is 6.10. The Kier molecular flexibility index (Phi) is 19.2. The summed E-state index contributed by atoms with van der Waals surface area (Å²) in [5.41, 5.74) is 0. The molecule has 0 atom stereocenters. The first-order chi connectivity index (χ1) is 8.85. The zero-order chi connectivity index (χ0) is 13.5. The van der Waals surface area contributed by atoms with Crippen molar-refractivity contribution in [2.45, 2.75) is 51.4 Å². The average Bonchev–Trinajstić information content (AvgIpc) is 2.39. The van der Waals surface area contributed by atoms with Crippen molar-refractivity contribution >= 4 is 67.4 Å². The molecule has 0 aliphatic carbocycles. The lowest BCUT2D eigenvalue weighted by atomic mass is 9.92. The highest BCUT2D eigenvalue weighted by atomic mass is 33.1. The normalized spacial score (nSPS) is 11.3. The van der Waals surface area contributed by atoms with Crippen LogP contribution in [0.1, 0.15) is 51.4 Å². The summed E-state index contributed by atoms with van der Waals surface area (Å²) in [7, 11) is 5.01. The van der Waals surface area contributed by atoms with Crippen molar-refractivity contribution in [1.29, 1.82) is 0 Å². The Bertz CT molecular complexity index is 144. The van der Waals surface area contributed by atoms with Crippen molar-refractivity contribution in [1.82, 2.24) is 0 Å². The van der Waals surface area contributed by atoms with E-state index >= 15 is 0 Å². The third-order valence-electron chi connectivity index (χ3n) is 3.04. The van der Waals surface area contributed by atoms with E-state index in [1.807, 2.05) is 0 Å². The van der Waals surface area contributed by atoms with Crippen molar-refractivity contribution in [3.63, 3.8) is 0 Å². The standard InChI is InChI=1S/C12H26S6/c13-16-9-3-1-6-12(8-5-11-18-15)7-2-4-10-17-14/h12-15H,1-11H2. The molecule has 0 unspecified atom stereocenters. The Hall–Kier alpha value is 2.10. The monoisotopic (exact) mass is 362 g/mol. The van der Waals surface area contributed by atoms with Crippen LogP contribution in [0.2, 0.25) is 0 Å². The second-order valence-corrected chi connectivity index (χ2v) is 8.82. The van der Waals surface area contributed by atoms with E-state index < -0.39 is 0 Å². The minimum atomic E-state index is 0.931. The molecule has 0 aliphatic heterocycles. The SMILES string of the molecule is SSCCCCC(CCCCSS)CCCSS. The van der Waals surface area contributed by atoms with Crippen LogP contribution in [0.3, 0.4) is 0 Å². The second-order valence-electron chi connectivity index (χ2n) is 4.50. The molecule has 0 aromatic carbocycles. The van der Waals surface area contributed by atoms with E-state index in [9.17, 15) is 0 Å². The molecule has 6 heteroatoms. The zero-order valence-electron chi connectivity index (χ0n) is 10.9. The first kappa shape index (κ1) is 20.1. The van der Waals surface area contributed by atoms with Crippen LogP contribution in [-0.4, -0.2) is 17.3 Å². The molecule has 0 N–H and O–H groups in total. The van der Waals surface area contributed by atoms with Crippen LogP contribution in [0.4, 0.5) is 0 Å². The predicted octanol–water partition coefficient (Wildman–Crippen LogP) is 6.46. The average molecular weight is 363 g/mol. The van der Waals surface area contributed by atoms with Crippen LogP contribution in [-0.2, 0) is 0 Å². The van der Waals surface area contributed by atoms with Gasteiger partial charge in [0.1, 0.15) is 0 Å². The molecule has 0 heterocycles. The third kappa shape index (κ3) is 14.5. The van der Waals surface area contributed by atoms with Gasteiger partial charge in [-0.1, -0.05) is 58.1 Å². The summed E-state index contributed by atoms with van der Waals surface area (Å²) in [5, 5.41) is 0. The predicted molar refractivity (Wildman–Crippen MR) is 105 cm³/mol. The molecule has 0 aromatic rings. The minimum absolute atomic E-state index is 0.931. The Morgan fingerprint density at radius 1 is 0.556 bits per heavy atom. The van der Waals surface area contributed by atoms with Gasteiger partial charge >= 0.3 is 0 Å². The molecule has 0 radical (unpaired) electrons. The summed E-state index contributed by atoms with van der Waals surface area (Å²) in [6.07, 6.45) is 10.9. The quantitative estimate of drug-likeness (QED) is 0.184. The fraction of sp³-hybridized carbons (Fsp3) is 1.00.